The summed E-state index contributed by atoms with van der Waals surface area (Å²) in [5.74, 6) is 0. The van der Waals surface area contributed by atoms with E-state index in [2.05, 4.69) is 4.98 Å². The smallest absolute Gasteiger partial charge is 0.444 e. The first-order valence-electron chi connectivity index (χ1n) is 11.5. The highest BCUT2D eigenvalue weighted by molar-refractivity contribution is 7.15. The molecule has 1 aromatic carbocycles. The van der Waals surface area contributed by atoms with Crippen molar-refractivity contribution < 1.29 is 32.0 Å². The quantitative estimate of drug-likeness (QED) is 0.505. The Hall–Kier alpha value is -2.11. The van der Waals surface area contributed by atoms with Crippen molar-refractivity contribution in [2.24, 2.45) is 0 Å². The van der Waals surface area contributed by atoms with Gasteiger partial charge in [0.2, 0.25) is 0 Å². The molecule has 1 aromatic heterocycles. The van der Waals surface area contributed by atoms with E-state index in [0.29, 0.717) is 18.7 Å². The minimum absolute atomic E-state index is 0.0204. The third kappa shape index (κ3) is 5.08. The van der Waals surface area contributed by atoms with E-state index >= 15 is 0 Å². The largest absolute Gasteiger partial charge is 0.495 e. The van der Waals surface area contributed by atoms with Gasteiger partial charge in [0.1, 0.15) is 10.6 Å². The van der Waals surface area contributed by atoms with Crippen LogP contribution in [0.1, 0.15) is 64.6 Å². The van der Waals surface area contributed by atoms with Gasteiger partial charge in [-0.1, -0.05) is 18.2 Å². The molecule has 0 atom stereocenters. The predicted octanol–water partition coefficient (Wildman–Crippen LogP) is 5.42. The molecule has 0 unspecified atom stereocenters. The van der Waals surface area contributed by atoms with Crippen molar-refractivity contribution in [1.82, 2.24) is 9.88 Å². The molecule has 0 aliphatic carbocycles. The third-order valence-corrected chi connectivity index (χ3v) is 7.62. The van der Waals surface area contributed by atoms with E-state index in [1.54, 1.807) is 59.4 Å². The number of thiazole rings is 1. The fourth-order valence-electron chi connectivity index (χ4n) is 4.02. The van der Waals surface area contributed by atoms with Gasteiger partial charge in [-0.3, -0.25) is 0 Å². The molecule has 0 radical (unpaired) electrons. The second-order valence-electron chi connectivity index (χ2n) is 10.9. The summed E-state index contributed by atoms with van der Waals surface area (Å²) in [6, 6.07) is 4.39. The number of rotatable bonds is 2. The van der Waals surface area contributed by atoms with Crippen molar-refractivity contribution in [3.8, 4) is 10.6 Å². The summed E-state index contributed by atoms with van der Waals surface area (Å²) in [6.07, 6.45) is -4.65. The van der Waals surface area contributed by atoms with E-state index in [-0.39, 0.29) is 22.6 Å². The minimum Gasteiger partial charge on any atom is -0.444 e. The number of carbonyl (C=O) groups excluding carboxylic acids is 1. The number of benzene rings is 1. The number of aromatic nitrogens is 1. The van der Waals surface area contributed by atoms with Gasteiger partial charge in [-0.15, -0.1) is 11.3 Å². The SMILES string of the molecule is CC(C)(C)OC(=O)N1CCc2nc(-c3cccc(B4OC(C)(C)C(C)(C)O4)c3C(F)(F)F)sc2C1. The summed E-state index contributed by atoms with van der Waals surface area (Å²) in [6.45, 7) is 13.2. The number of hydrogen-bond acceptors (Lipinski definition) is 6. The number of amides is 1. The van der Waals surface area contributed by atoms with Crippen LogP contribution in [0.25, 0.3) is 10.6 Å². The lowest BCUT2D eigenvalue weighted by atomic mass is 9.74. The van der Waals surface area contributed by atoms with E-state index in [9.17, 15) is 18.0 Å². The second-order valence-corrected chi connectivity index (χ2v) is 12.0. The lowest BCUT2D eigenvalue weighted by Gasteiger charge is -2.32. The Morgan fingerprint density at radius 3 is 2.34 bits per heavy atom. The average molecular weight is 510 g/mol. The summed E-state index contributed by atoms with van der Waals surface area (Å²) < 4.78 is 60.6. The zero-order chi connectivity index (χ0) is 26.0. The molecule has 1 amide bonds. The van der Waals surface area contributed by atoms with Gasteiger partial charge in [0.25, 0.3) is 0 Å². The van der Waals surface area contributed by atoms with Crippen LogP contribution in [0.5, 0.6) is 0 Å². The zero-order valence-electron chi connectivity index (χ0n) is 21.0. The Kier molecular flexibility index (Phi) is 6.30. The van der Waals surface area contributed by atoms with E-state index in [1.807, 2.05) is 0 Å². The highest BCUT2D eigenvalue weighted by Gasteiger charge is 2.54. The van der Waals surface area contributed by atoms with Crippen LogP contribution >= 0.6 is 11.3 Å². The van der Waals surface area contributed by atoms with E-state index in [0.717, 1.165) is 4.88 Å². The van der Waals surface area contributed by atoms with Crippen LogP contribution in [0.2, 0.25) is 0 Å². The number of ether oxygens (including phenoxy) is 1. The molecule has 2 aromatic rings. The van der Waals surface area contributed by atoms with Gasteiger partial charge >= 0.3 is 19.4 Å². The molecule has 190 valence electrons. The van der Waals surface area contributed by atoms with E-state index < -0.39 is 41.8 Å². The first kappa shape index (κ1) is 26.0. The van der Waals surface area contributed by atoms with E-state index in [1.165, 1.54) is 23.5 Å². The molecule has 1 fully saturated rings. The lowest BCUT2D eigenvalue weighted by molar-refractivity contribution is -0.136. The van der Waals surface area contributed by atoms with Crippen LogP contribution in [0.3, 0.4) is 0 Å². The number of halogens is 3. The topological polar surface area (TPSA) is 60.9 Å². The van der Waals surface area contributed by atoms with Crippen molar-refractivity contribution >= 4 is 30.0 Å². The maximum Gasteiger partial charge on any atom is 0.495 e. The predicted molar refractivity (Wildman–Crippen MR) is 129 cm³/mol. The number of alkyl halides is 3. The van der Waals surface area contributed by atoms with Gasteiger partial charge in [0.15, 0.2) is 0 Å². The molecule has 1 saturated heterocycles. The van der Waals surface area contributed by atoms with Crippen molar-refractivity contribution in [3.05, 3.63) is 34.3 Å². The van der Waals surface area contributed by atoms with Crippen LogP contribution in [0, 0.1) is 0 Å². The molecule has 35 heavy (non-hydrogen) atoms. The third-order valence-electron chi connectivity index (χ3n) is 6.50. The van der Waals surface area contributed by atoms with Crippen molar-refractivity contribution in [2.45, 2.75) is 84.4 Å². The number of fused-ring (bicyclic) bond motifs is 1. The number of carbonyl (C=O) groups is 1. The lowest BCUT2D eigenvalue weighted by Crippen LogP contribution is -2.41. The molecule has 0 bridgehead atoms. The van der Waals surface area contributed by atoms with Gasteiger partial charge in [0.05, 0.1) is 29.0 Å². The maximum atomic E-state index is 14.4. The van der Waals surface area contributed by atoms with Gasteiger partial charge < -0.3 is 18.9 Å². The molecule has 0 N–H and O–H groups in total. The molecule has 0 spiro atoms. The highest BCUT2D eigenvalue weighted by atomic mass is 32.1. The van der Waals surface area contributed by atoms with Crippen molar-refractivity contribution in [2.75, 3.05) is 6.54 Å². The molecule has 6 nitrogen and oxygen atoms in total. The molecule has 3 heterocycles. The molecular weight excluding hydrogens is 480 g/mol. The van der Waals surface area contributed by atoms with Gasteiger partial charge in [-0.2, -0.15) is 13.2 Å². The summed E-state index contributed by atoms with van der Waals surface area (Å²) in [5, 5.41) is 0.256. The van der Waals surface area contributed by atoms with Crippen LogP contribution in [0.15, 0.2) is 18.2 Å². The van der Waals surface area contributed by atoms with Gasteiger partial charge in [0, 0.05) is 23.4 Å². The maximum absolute atomic E-state index is 14.4. The van der Waals surface area contributed by atoms with Crippen molar-refractivity contribution in [3.63, 3.8) is 0 Å². The Balaban J connectivity index is 1.70. The first-order chi connectivity index (χ1) is 16.0. The van der Waals surface area contributed by atoms with Crippen LogP contribution in [-0.2, 0) is 33.2 Å². The average Bonchev–Trinajstić information content (AvgIpc) is 3.22. The van der Waals surface area contributed by atoms with Crippen LogP contribution < -0.4 is 5.46 Å². The molecular formula is C24H30BF3N2O4S. The molecule has 4 rings (SSSR count). The minimum atomic E-state index is -4.65. The Morgan fingerprint density at radius 2 is 1.77 bits per heavy atom. The Labute approximate surface area is 207 Å². The standard InChI is InChI=1S/C24H30BF3N2O4S/c1-21(2,3)32-20(31)30-12-11-16-17(13-30)35-19(29-16)14-9-8-10-15(18(14)24(26,27)28)25-33-22(4,5)23(6,7)34-25/h8-10H,11-13H2,1-7H3. The Morgan fingerprint density at radius 1 is 1.14 bits per heavy atom. The fraction of sp³-hybridized carbons (Fsp3) is 0.583. The summed E-state index contributed by atoms with van der Waals surface area (Å²) in [7, 11) is -1.16. The zero-order valence-corrected chi connectivity index (χ0v) is 21.8. The number of nitrogens with zero attached hydrogens (tertiary/aromatic N) is 2. The summed E-state index contributed by atoms with van der Waals surface area (Å²) in [4.78, 5) is 19.4. The van der Waals surface area contributed by atoms with Gasteiger partial charge in [-0.05, 0) is 53.9 Å². The summed E-state index contributed by atoms with van der Waals surface area (Å²) >= 11 is 1.17. The monoisotopic (exact) mass is 510 g/mol. The molecule has 2 aliphatic heterocycles. The second kappa shape index (κ2) is 8.49. The summed E-state index contributed by atoms with van der Waals surface area (Å²) in [5.41, 5.74) is -2.38. The highest BCUT2D eigenvalue weighted by Crippen LogP contribution is 2.42. The van der Waals surface area contributed by atoms with E-state index in [4.69, 9.17) is 14.0 Å². The number of hydrogen-bond donors (Lipinski definition) is 0. The fourth-order valence-corrected chi connectivity index (χ4v) is 5.18. The van der Waals surface area contributed by atoms with Crippen LogP contribution in [0.4, 0.5) is 18.0 Å². The molecule has 2 aliphatic rings. The van der Waals surface area contributed by atoms with Crippen molar-refractivity contribution in [1.29, 1.82) is 0 Å². The van der Waals surface area contributed by atoms with Crippen LogP contribution in [-0.4, -0.2) is 46.4 Å². The first-order valence-corrected chi connectivity index (χ1v) is 12.3. The Bertz CT molecular complexity index is 1120. The normalized spacial score (nSPS) is 19.6. The van der Waals surface area contributed by atoms with Gasteiger partial charge in [-0.25, -0.2) is 9.78 Å². The molecule has 11 heteroatoms. The molecule has 0 saturated carbocycles.